The first-order valence-electron chi connectivity index (χ1n) is 6.24. The van der Waals surface area contributed by atoms with E-state index in [0.717, 1.165) is 4.68 Å². The van der Waals surface area contributed by atoms with Crippen molar-refractivity contribution in [3.63, 3.8) is 0 Å². The average Bonchev–Trinajstić information content (AvgIpc) is 2.77. The van der Waals surface area contributed by atoms with E-state index >= 15 is 0 Å². The number of nitrogens with one attached hydrogen (secondary N) is 1. The molecule has 0 saturated carbocycles. The van der Waals surface area contributed by atoms with Crippen LogP contribution in [-0.4, -0.2) is 32.1 Å². The summed E-state index contributed by atoms with van der Waals surface area (Å²) in [6.07, 6.45) is 1.98. The molecule has 8 heteroatoms. The van der Waals surface area contributed by atoms with Crippen molar-refractivity contribution in [3.8, 4) is 0 Å². The SMILES string of the molecule is CCOC(=O)Nn1cnc2c(cnn2C(C)(C)C)c1=O. The second-order valence-electron chi connectivity index (χ2n) is 5.22. The highest BCUT2D eigenvalue weighted by molar-refractivity contribution is 5.77. The molecule has 0 bridgehead atoms. The number of carbonyl (C=O) groups is 1. The number of carbonyl (C=O) groups excluding carboxylic acids is 1. The number of rotatable bonds is 2. The monoisotopic (exact) mass is 279 g/mol. The van der Waals surface area contributed by atoms with E-state index in [1.807, 2.05) is 20.8 Å². The number of fused-ring (bicyclic) bond motifs is 1. The Balaban J connectivity index is 2.46. The third-order valence-electron chi connectivity index (χ3n) is 2.61. The second kappa shape index (κ2) is 4.95. The van der Waals surface area contributed by atoms with Gasteiger partial charge in [-0.05, 0) is 27.7 Å². The quantitative estimate of drug-likeness (QED) is 0.887. The first kappa shape index (κ1) is 14.0. The third-order valence-corrected chi connectivity index (χ3v) is 2.61. The molecule has 2 aromatic heterocycles. The number of hydrogen-bond acceptors (Lipinski definition) is 5. The molecule has 0 saturated heterocycles. The first-order valence-corrected chi connectivity index (χ1v) is 6.24. The molecule has 0 aromatic carbocycles. The summed E-state index contributed by atoms with van der Waals surface area (Å²) in [6, 6.07) is 0. The van der Waals surface area contributed by atoms with Crippen molar-refractivity contribution in [2.45, 2.75) is 33.2 Å². The van der Waals surface area contributed by atoms with E-state index < -0.39 is 11.7 Å². The van der Waals surface area contributed by atoms with Crippen LogP contribution in [0.3, 0.4) is 0 Å². The van der Waals surface area contributed by atoms with E-state index in [1.165, 1.54) is 12.5 Å². The highest BCUT2D eigenvalue weighted by Gasteiger charge is 2.20. The van der Waals surface area contributed by atoms with E-state index in [1.54, 1.807) is 11.6 Å². The Morgan fingerprint density at radius 3 is 2.75 bits per heavy atom. The summed E-state index contributed by atoms with van der Waals surface area (Å²) < 4.78 is 7.36. The molecule has 0 fully saturated rings. The average molecular weight is 279 g/mol. The summed E-state index contributed by atoms with van der Waals surface area (Å²) in [4.78, 5) is 27.7. The fraction of sp³-hybridized carbons (Fsp3) is 0.500. The molecule has 0 radical (unpaired) electrons. The predicted molar refractivity (Wildman–Crippen MR) is 73.2 cm³/mol. The van der Waals surface area contributed by atoms with Crippen LogP contribution in [0, 0.1) is 0 Å². The number of amides is 1. The van der Waals surface area contributed by atoms with Crippen LogP contribution in [0.25, 0.3) is 11.0 Å². The molecule has 108 valence electrons. The van der Waals surface area contributed by atoms with Crippen molar-refractivity contribution in [2.24, 2.45) is 0 Å². The number of aromatic nitrogens is 4. The Hall–Kier alpha value is -2.38. The summed E-state index contributed by atoms with van der Waals surface area (Å²) in [6.45, 7) is 7.78. The van der Waals surface area contributed by atoms with Crippen molar-refractivity contribution in [1.82, 2.24) is 19.4 Å². The minimum Gasteiger partial charge on any atom is -0.449 e. The number of hydrogen-bond donors (Lipinski definition) is 1. The molecule has 0 aliphatic heterocycles. The molecule has 0 atom stereocenters. The summed E-state index contributed by atoms with van der Waals surface area (Å²) in [5.41, 5.74) is 2.08. The molecule has 0 aliphatic carbocycles. The number of nitrogens with zero attached hydrogens (tertiary/aromatic N) is 4. The minimum absolute atomic E-state index is 0.220. The maximum Gasteiger partial charge on any atom is 0.426 e. The normalized spacial score (nSPS) is 11.6. The van der Waals surface area contributed by atoms with E-state index in [0.29, 0.717) is 11.0 Å². The molecule has 0 aliphatic rings. The third kappa shape index (κ3) is 2.49. The van der Waals surface area contributed by atoms with E-state index in [-0.39, 0.29) is 12.1 Å². The van der Waals surface area contributed by atoms with Gasteiger partial charge in [-0.25, -0.2) is 24.6 Å². The maximum absolute atomic E-state index is 12.2. The Labute approximate surface area is 115 Å². The van der Waals surface area contributed by atoms with Gasteiger partial charge in [0.25, 0.3) is 5.56 Å². The van der Waals surface area contributed by atoms with Crippen molar-refractivity contribution in [1.29, 1.82) is 0 Å². The van der Waals surface area contributed by atoms with E-state index in [4.69, 9.17) is 4.74 Å². The van der Waals surface area contributed by atoms with Crippen molar-refractivity contribution in [3.05, 3.63) is 22.9 Å². The Morgan fingerprint density at radius 1 is 1.45 bits per heavy atom. The zero-order chi connectivity index (χ0) is 14.9. The van der Waals surface area contributed by atoms with E-state index in [9.17, 15) is 9.59 Å². The molecule has 2 heterocycles. The van der Waals surface area contributed by atoms with Gasteiger partial charge in [0.05, 0.1) is 18.3 Å². The smallest absolute Gasteiger partial charge is 0.426 e. The van der Waals surface area contributed by atoms with Crippen molar-refractivity contribution >= 4 is 17.1 Å². The van der Waals surface area contributed by atoms with Crippen LogP contribution < -0.4 is 11.0 Å². The van der Waals surface area contributed by atoms with Gasteiger partial charge in [-0.2, -0.15) is 5.10 Å². The molecule has 0 unspecified atom stereocenters. The topological polar surface area (TPSA) is 91.0 Å². The molecule has 8 nitrogen and oxygen atoms in total. The lowest BCUT2D eigenvalue weighted by molar-refractivity contribution is 0.164. The molecular weight excluding hydrogens is 262 g/mol. The van der Waals surface area contributed by atoms with Crippen LogP contribution in [0.5, 0.6) is 0 Å². The minimum atomic E-state index is -0.709. The Bertz CT molecular complexity index is 695. The fourth-order valence-corrected chi connectivity index (χ4v) is 1.74. The Kier molecular flexibility index (Phi) is 3.47. The van der Waals surface area contributed by atoms with Gasteiger partial charge in [0.15, 0.2) is 5.65 Å². The van der Waals surface area contributed by atoms with Crippen LogP contribution in [0.15, 0.2) is 17.3 Å². The van der Waals surface area contributed by atoms with E-state index in [2.05, 4.69) is 15.5 Å². The van der Waals surface area contributed by atoms with Gasteiger partial charge in [0.1, 0.15) is 11.7 Å². The zero-order valence-electron chi connectivity index (χ0n) is 11.9. The lowest BCUT2D eigenvalue weighted by atomic mass is 10.1. The molecule has 1 amide bonds. The fourth-order valence-electron chi connectivity index (χ4n) is 1.74. The summed E-state index contributed by atoms with van der Waals surface area (Å²) in [5.74, 6) is 0. The first-order chi connectivity index (χ1) is 9.34. The van der Waals surface area contributed by atoms with Gasteiger partial charge < -0.3 is 4.74 Å². The van der Waals surface area contributed by atoms with Crippen LogP contribution >= 0.6 is 0 Å². The van der Waals surface area contributed by atoms with Gasteiger partial charge >= 0.3 is 6.09 Å². The maximum atomic E-state index is 12.2. The van der Waals surface area contributed by atoms with Gasteiger partial charge in [-0.15, -0.1) is 0 Å². The van der Waals surface area contributed by atoms with Crippen LogP contribution in [0.2, 0.25) is 0 Å². The van der Waals surface area contributed by atoms with Gasteiger partial charge in [0.2, 0.25) is 0 Å². The van der Waals surface area contributed by atoms with Gasteiger partial charge in [-0.1, -0.05) is 0 Å². The molecule has 2 aromatic rings. The summed E-state index contributed by atoms with van der Waals surface area (Å²) >= 11 is 0. The van der Waals surface area contributed by atoms with Gasteiger partial charge in [-0.3, -0.25) is 4.79 Å². The lowest BCUT2D eigenvalue weighted by Gasteiger charge is -2.19. The van der Waals surface area contributed by atoms with Crippen LogP contribution in [0.4, 0.5) is 4.79 Å². The summed E-state index contributed by atoms with van der Waals surface area (Å²) in [5, 5.41) is 4.51. The lowest BCUT2D eigenvalue weighted by Crippen LogP contribution is -2.34. The highest BCUT2D eigenvalue weighted by atomic mass is 16.6. The Morgan fingerprint density at radius 2 is 2.15 bits per heavy atom. The molecule has 0 spiro atoms. The van der Waals surface area contributed by atoms with Crippen LogP contribution in [-0.2, 0) is 10.3 Å². The molecular formula is C12H17N5O3. The molecule has 2 rings (SSSR count). The highest BCUT2D eigenvalue weighted by Crippen LogP contribution is 2.17. The number of ether oxygens (including phenoxy) is 1. The van der Waals surface area contributed by atoms with Crippen molar-refractivity contribution < 1.29 is 9.53 Å². The molecule has 20 heavy (non-hydrogen) atoms. The largest absolute Gasteiger partial charge is 0.449 e. The zero-order valence-corrected chi connectivity index (χ0v) is 11.9. The predicted octanol–water partition coefficient (Wildman–Crippen LogP) is 1.05. The summed E-state index contributed by atoms with van der Waals surface area (Å²) in [7, 11) is 0. The van der Waals surface area contributed by atoms with Gasteiger partial charge in [0, 0.05) is 0 Å². The molecule has 1 N–H and O–H groups in total. The standard InChI is InChI=1S/C12H17N5O3/c1-5-20-11(19)15-16-7-13-9-8(10(16)18)6-14-17(9)12(2,3)4/h6-7H,5H2,1-4H3,(H,15,19). The second-order valence-corrected chi connectivity index (χ2v) is 5.22. The van der Waals surface area contributed by atoms with Crippen LogP contribution in [0.1, 0.15) is 27.7 Å². The van der Waals surface area contributed by atoms with Crippen molar-refractivity contribution in [2.75, 3.05) is 12.0 Å².